The van der Waals surface area contributed by atoms with Crippen LogP contribution >= 0.6 is 0 Å². The maximum Gasteiger partial charge on any atom is 0.333 e. The monoisotopic (exact) mass is 243 g/mol. The van der Waals surface area contributed by atoms with Crippen molar-refractivity contribution in [3.63, 3.8) is 0 Å². The average Bonchev–Trinajstić information content (AvgIpc) is 2.37. The molecule has 0 fully saturated rings. The molecule has 3 heteroatoms. The van der Waals surface area contributed by atoms with Crippen LogP contribution in [0.4, 0.5) is 0 Å². The molecule has 1 aromatic carbocycles. The number of carboxylic acids is 1. The van der Waals surface area contributed by atoms with E-state index in [1.165, 1.54) is 11.1 Å². The summed E-state index contributed by atoms with van der Waals surface area (Å²) in [6, 6.07) is 9.88. The zero-order valence-corrected chi connectivity index (χ0v) is 10.2. The first-order valence-corrected chi connectivity index (χ1v) is 6.09. The number of carbonyl (C=O) groups is 1. The number of aryl methyl sites for hydroxylation is 1. The normalized spacial score (nSPS) is 19.1. The molecule has 3 nitrogen and oxygen atoms in total. The minimum Gasteiger partial charge on any atom is -0.478 e. The van der Waals surface area contributed by atoms with Gasteiger partial charge in [-0.15, -0.1) is 0 Å². The molecule has 2 rings (SSSR count). The van der Waals surface area contributed by atoms with Crippen molar-refractivity contribution >= 4 is 5.97 Å². The molecule has 0 radical (unpaired) electrons. The van der Waals surface area contributed by atoms with Crippen LogP contribution in [-0.2, 0) is 11.2 Å². The van der Waals surface area contributed by atoms with Gasteiger partial charge in [0, 0.05) is 6.04 Å². The van der Waals surface area contributed by atoms with Crippen LogP contribution in [0, 0.1) is 0 Å². The van der Waals surface area contributed by atoms with E-state index in [9.17, 15) is 4.79 Å². The molecule has 0 aromatic heterocycles. The average molecular weight is 243 g/mol. The maximum absolute atomic E-state index is 10.9. The summed E-state index contributed by atoms with van der Waals surface area (Å²) in [5.41, 5.74) is 8.66. The molecular weight excluding hydrogens is 226 g/mol. The number of hydrogen-bond acceptors (Lipinski definition) is 2. The van der Waals surface area contributed by atoms with E-state index in [2.05, 4.69) is 12.1 Å². The van der Waals surface area contributed by atoms with Crippen LogP contribution in [0.5, 0.6) is 0 Å². The van der Waals surface area contributed by atoms with Crippen LogP contribution < -0.4 is 5.73 Å². The Labute approximate surface area is 107 Å². The third-order valence-electron chi connectivity index (χ3n) is 3.20. The largest absolute Gasteiger partial charge is 0.478 e. The lowest BCUT2D eigenvalue weighted by atomic mass is 9.90. The summed E-state index contributed by atoms with van der Waals surface area (Å²) in [4.78, 5) is 10.9. The topological polar surface area (TPSA) is 63.3 Å². The van der Waals surface area contributed by atoms with E-state index in [1.807, 2.05) is 24.3 Å². The zero-order valence-electron chi connectivity index (χ0n) is 10.2. The lowest BCUT2D eigenvalue weighted by molar-refractivity contribution is -0.132. The van der Waals surface area contributed by atoms with Crippen molar-refractivity contribution < 1.29 is 9.90 Å². The van der Waals surface area contributed by atoms with Gasteiger partial charge in [-0.05, 0) is 24.8 Å². The van der Waals surface area contributed by atoms with Gasteiger partial charge in [0.1, 0.15) is 0 Å². The van der Waals surface area contributed by atoms with E-state index in [0.29, 0.717) is 12.0 Å². The van der Waals surface area contributed by atoms with Crippen LogP contribution in [0.15, 0.2) is 53.6 Å². The first-order chi connectivity index (χ1) is 8.66. The summed E-state index contributed by atoms with van der Waals surface area (Å²) in [6.07, 6.45) is 6.08. The minimum absolute atomic E-state index is 0.304. The van der Waals surface area contributed by atoms with Crippen molar-refractivity contribution in [2.75, 3.05) is 0 Å². The highest BCUT2D eigenvalue weighted by molar-refractivity contribution is 5.88. The quantitative estimate of drug-likeness (QED) is 0.852. The summed E-state index contributed by atoms with van der Waals surface area (Å²) in [5.74, 6) is -0.916. The van der Waals surface area contributed by atoms with Gasteiger partial charge < -0.3 is 10.8 Å². The lowest BCUT2D eigenvalue weighted by Gasteiger charge is -2.19. The summed E-state index contributed by atoms with van der Waals surface area (Å²) in [6.45, 7) is 0. The van der Waals surface area contributed by atoms with E-state index in [4.69, 9.17) is 10.8 Å². The fourth-order valence-corrected chi connectivity index (χ4v) is 2.16. The number of hydrogen-bond donors (Lipinski definition) is 2. The molecule has 0 aliphatic heterocycles. The Balaban J connectivity index is 1.98. The lowest BCUT2D eigenvalue weighted by Crippen LogP contribution is -2.29. The van der Waals surface area contributed by atoms with Gasteiger partial charge in [0.05, 0.1) is 5.57 Å². The second kappa shape index (κ2) is 5.65. The van der Waals surface area contributed by atoms with Gasteiger partial charge >= 0.3 is 5.97 Å². The van der Waals surface area contributed by atoms with Crippen molar-refractivity contribution in [2.45, 2.75) is 25.3 Å². The SMILES string of the molecule is NC1CC(CCc2ccccc2)=CC=C1C(=O)O. The molecule has 0 spiro atoms. The van der Waals surface area contributed by atoms with Gasteiger partial charge in [-0.2, -0.15) is 0 Å². The molecule has 1 unspecified atom stereocenters. The van der Waals surface area contributed by atoms with E-state index in [1.54, 1.807) is 6.08 Å². The second-order valence-electron chi connectivity index (χ2n) is 4.55. The zero-order chi connectivity index (χ0) is 13.0. The standard InChI is InChI=1S/C15H17NO2/c16-14-10-12(8-9-13(14)15(17)18)7-6-11-4-2-1-3-5-11/h1-5,8-9,14H,6-7,10,16H2,(H,17,18). The van der Waals surface area contributed by atoms with Crippen LogP contribution in [0.3, 0.4) is 0 Å². The molecule has 0 saturated carbocycles. The molecule has 1 aromatic rings. The molecule has 0 heterocycles. The van der Waals surface area contributed by atoms with Crippen LogP contribution in [-0.4, -0.2) is 17.1 Å². The first-order valence-electron chi connectivity index (χ1n) is 6.09. The Morgan fingerprint density at radius 3 is 2.56 bits per heavy atom. The van der Waals surface area contributed by atoms with Crippen molar-refractivity contribution in [3.05, 3.63) is 59.2 Å². The number of carboxylic acid groups (broad SMARTS) is 1. The minimum atomic E-state index is -0.916. The van der Waals surface area contributed by atoms with Crippen molar-refractivity contribution in [3.8, 4) is 0 Å². The molecule has 94 valence electrons. The molecule has 0 amide bonds. The molecule has 3 N–H and O–H groups in total. The summed E-state index contributed by atoms with van der Waals surface area (Å²) in [5, 5.41) is 8.93. The Morgan fingerprint density at radius 2 is 1.94 bits per heavy atom. The summed E-state index contributed by atoms with van der Waals surface area (Å²) >= 11 is 0. The highest BCUT2D eigenvalue weighted by atomic mass is 16.4. The van der Waals surface area contributed by atoms with E-state index in [0.717, 1.165) is 12.8 Å². The van der Waals surface area contributed by atoms with Gasteiger partial charge in [-0.25, -0.2) is 4.79 Å². The van der Waals surface area contributed by atoms with Gasteiger partial charge in [0.2, 0.25) is 0 Å². The van der Waals surface area contributed by atoms with Crippen LogP contribution in [0.2, 0.25) is 0 Å². The number of allylic oxidation sites excluding steroid dienone is 2. The van der Waals surface area contributed by atoms with Crippen LogP contribution in [0.1, 0.15) is 18.4 Å². The maximum atomic E-state index is 10.9. The Kier molecular flexibility index (Phi) is 3.95. The number of benzene rings is 1. The van der Waals surface area contributed by atoms with Crippen molar-refractivity contribution in [1.29, 1.82) is 0 Å². The fourth-order valence-electron chi connectivity index (χ4n) is 2.16. The Hall–Kier alpha value is -1.87. The number of rotatable bonds is 4. The summed E-state index contributed by atoms with van der Waals surface area (Å²) in [7, 11) is 0. The van der Waals surface area contributed by atoms with Crippen molar-refractivity contribution in [1.82, 2.24) is 0 Å². The third kappa shape index (κ3) is 3.08. The molecule has 0 saturated heterocycles. The molecule has 1 atom stereocenters. The Bertz CT molecular complexity index is 488. The van der Waals surface area contributed by atoms with Gasteiger partial charge in [0.15, 0.2) is 0 Å². The highest BCUT2D eigenvalue weighted by Crippen LogP contribution is 2.21. The van der Waals surface area contributed by atoms with Crippen LogP contribution in [0.25, 0.3) is 0 Å². The highest BCUT2D eigenvalue weighted by Gasteiger charge is 2.20. The molecule has 18 heavy (non-hydrogen) atoms. The predicted octanol–water partition coefficient (Wildman–Crippen LogP) is 2.29. The third-order valence-corrected chi connectivity index (χ3v) is 3.20. The molecule has 1 aliphatic carbocycles. The second-order valence-corrected chi connectivity index (χ2v) is 4.55. The summed E-state index contributed by atoms with van der Waals surface area (Å²) < 4.78 is 0. The molecule has 1 aliphatic rings. The first kappa shape index (κ1) is 12.6. The molecule has 0 bridgehead atoms. The van der Waals surface area contributed by atoms with Gasteiger partial charge in [-0.1, -0.05) is 48.1 Å². The van der Waals surface area contributed by atoms with E-state index in [-0.39, 0.29) is 6.04 Å². The Morgan fingerprint density at radius 1 is 1.22 bits per heavy atom. The predicted molar refractivity (Wildman–Crippen MR) is 71.2 cm³/mol. The van der Waals surface area contributed by atoms with Gasteiger partial charge in [-0.3, -0.25) is 0 Å². The number of nitrogens with two attached hydrogens (primary N) is 1. The van der Waals surface area contributed by atoms with E-state index >= 15 is 0 Å². The van der Waals surface area contributed by atoms with Gasteiger partial charge in [0.25, 0.3) is 0 Å². The fraction of sp³-hybridized carbons (Fsp3) is 0.267. The smallest absolute Gasteiger partial charge is 0.333 e. The van der Waals surface area contributed by atoms with Crippen molar-refractivity contribution in [2.24, 2.45) is 5.73 Å². The number of aliphatic carboxylic acids is 1. The molecular formula is C15H17NO2. The van der Waals surface area contributed by atoms with E-state index < -0.39 is 5.97 Å².